The van der Waals surface area contributed by atoms with Gasteiger partial charge in [-0.15, -0.1) is 0 Å². The van der Waals surface area contributed by atoms with Crippen LogP contribution in [0.2, 0.25) is 0 Å². The second-order valence-corrected chi connectivity index (χ2v) is 6.36. The lowest BCUT2D eigenvalue weighted by Gasteiger charge is -2.16. The van der Waals surface area contributed by atoms with Crippen LogP contribution >= 0.6 is 0 Å². The maximum atomic E-state index is 13.8. The fraction of sp³-hybridized carbons (Fsp3) is 0.200. The molecule has 1 aromatic heterocycles. The molecule has 0 aliphatic heterocycles. The van der Waals surface area contributed by atoms with E-state index in [0.29, 0.717) is 17.0 Å². The van der Waals surface area contributed by atoms with Crippen LogP contribution < -0.4 is 15.6 Å². The van der Waals surface area contributed by atoms with E-state index in [1.54, 1.807) is 25.3 Å². The number of hydrogen-bond acceptors (Lipinski definition) is 4. The van der Waals surface area contributed by atoms with E-state index in [1.807, 2.05) is 6.92 Å². The minimum absolute atomic E-state index is 0.0141. The third kappa shape index (κ3) is 4.00. The van der Waals surface area contributed by atoms with Gasteiger partial charge in [0.2, 0.25) is 11.8 Å². The molecule has 0 fully saturated rings. The Morgan fingerprint density at radius 3 is 2.46 bits per heavy atom. The van der Waals surface area contributed by atoms with Crippen LogP contribution in [0.25, 0.3) is 0 Å². The normalized spacial score (nSPS) is 10.8. The zero-order valence-corrected chi connectivity index (χ0v) is 15.5. The second-order valence-electron chi connectivity index (χ2n) is 6.36. The quantitative estimate of drug-likeness (QED) is 0.715. The standard InChI is InChI=1S/C20H18F3N3O2/c1-11-7-14(28-3)4-5-17(11)24-20-25-19(27)16(22)10-26(20)9-13-6-12(2)18(23)15(21)8-13/h4-8,10H,9H2,1-3H3,(H,24,25,27). The highest BCUT2D eigenvalue weighted by molar-refractivity contribution is 5.60. The van der Waals surface area contributed by atoms with Crippen LogP contribution in [0.1, 0.15) is 16.7 Å². The van der Waals surface area contributed by atoms with Crippen LogP contribution in [-0.2, 0) is 6.54 Å². The van der Waals surface area contributed by atoms with Gasteiger partial charge in [-0.2, -0.15) is 9.37 Å². The molecule has 8 heteroatoms. The van der Waals surface area contributed by atoms with Crippen LogP contribution in [0.4, 0.5) is 24.8 Å². The van der Waals surface area contributed by atoms with Crippen LogP contribution in [0.5, 0.6) is 5.75 Å². The van der Waals surface area contributed by atoms with E-state index < -0.39 is 23.0 Å². The number of methoxy groups -OCH3 is 1. The summed E-state index contributed by atoms with van der Waals surface area (Å²) in [5.41, 5.74) is 0.954. The molecule has 0 spiro atoms. The van der Waals surface area contributed by atoms with E-state index in [2.05, 4.69) is 10.3 Å². The molecule has 0 saturated heterocycles. The van der Waals surface area contributed by atoms with Crippen molar-refractivity contribution in [2.24, 2.45) is 0 Å². The number of halogens is 3. The Morgan fingerprint density at radius 2 is 1.82 bits per heavy atom. The molecule has 3 rings (SSSR count). The lowest BCUT2D eigenvalue weighted by molar-refractivity contribution is 0.414. The van der Waals surface area contributed by atoms with Gasteiger partial charge in [0.05, 0.1) is 13.7 Å². The first-order valence-electron chi connectivity index (χ1n) is 8.41. The Kier molecular flexibility index (Phi) is 5.39. The zero-order valence-electron chi connectivity index (χ0n) is 15.5. The summed E-state index contributed by atoms with van der Waals surface area (Å²) in [6, 6.07) is 7.72. The van der Waals surface area contributed by atoms with Gasteiger partial charge in [-0.05, 0) is 54.8 Å². The van der Waals surface area contributed by atoms with Gasteiger partial charge in [0.15, 0.2) is 11.6 Å². The highest BCUT2D eigenvalue weighted by Crippen LogP contribution is 2.24. The number of rotatable bonds is 5. The van der Waals surface area contributed by atoms with Gasteiger partial charge < -0.3 is 14.6 Å². The fourth-order valence-corrected chi connectivity index (χ4v) is 2.80. The topological polar surface area (TPSA) is 56.1 Å². The Morgan fingerprint density at radius 1 is 1.07 bits per heavy atom. The molecule has 1 heterocycles. The van der Waals surface area contributed by atoms with Gasteiger partial charge in [-0.25, -0.2) is 8.78 Å². The maximum absolute atomic E-state index is 13.8. The van der Waals surface area contributed by atoms with Gasteiger partial charge in [0, 0.05) is 11.9 Å². The van der Waals surface area contributed by atoms with Crippen molar-refractivity contribution in [1.29, 1.82) is 0 Å². The highest BCUT2D eigenvalue weighted by Gasteiger charge is 2.13. The molecule has 2 aromatic carbocycles. The summed E-state index contributed by atoms with van der Waals surface area (Å²) in [6.07, 6.45) is 0.979. The zero-order chi connectivity index (χ0) is 20.4. The van der Waals surface area contributed by atoms with E-state index in [1.165, 1.54) is 17.6 Å². The molecular formula is C20H18F3N3O2. The maximum Gasteiger partial charge on any atom is 0.310 e. The molecule has 0 aliphatic carbocycles. The fourth-order valence-electron chi connectivity index (χ4n) is 2.80. The van der Waals surface area contributed by atoms with Crippen molar-refractivity contribution >= 4 is 11.6 Å². The predicted molar refractivity (Wildman–Crippen MR) is 99.7 cm³/mol. The summed E-state index contributed by atoms with van der Waals surface area (Å²) in [4.78, 5) is 15.4. The predicted octanol–water partition coefficient (Wildman–Crippen LogP) is 4.08. The molecule has 146 valence electrons. The molecule has 0 unspecified atom stereocenters. The largest absolute Gasteiger partial charge is 0.497 e. The third-order valence-corrected chi connectivity index (χ3v) is 4.26. The monoisotopic (exact) mass is 389 g/mol. The number of ether oxygens (including phenoxy) is 1. The Balaban J connectivity index is 2.00. The average Bonchev–Trinajstić information content (AvgIpc) is 2.65. The first-order valence-corrected chi connectivity index (χ1v) is 8.41. The number of hydrogen-bond donors (Lipinski definition) is 1. The molecule has 0 radical (unpaired) electrons. The number of anilines is 2. The lowest BCUT2D eigenvalue weighted by atomic mass is 10.1. The van der Waals surface area contributed by atoms with Crippen LogP contribution in [-0.4, -0.2) is 16.7 Å². The van der Waals surface area contributed by atoms with Crippen LogP contribution in [0.3, 0.4) is 0 Å². The molecule has 0 amide bonds. The molecule has 1 N–H and O–H groups in total. The Bertz CT molecular complexity index is 1070. The summed E-state index contributed by atoms with van der Waals surface area (Å²) < 4.78 is 47.5. The first-order chi connectivity index (χ1) is 13.3. The molecule has 5 nitrogen and oxygen atoms in total. The first kappa shape index (κ1) is 19.5. The molecule has 3 aromatic rings. The van der Waals surface area contributed by atoms with E-state index >= 15 is 0 Å². The van der Waals surface area contributed by atoms with Gasteiger partial charge in [0.1, 0.15) is 5.75 Å². The average molecular weight is 389 g/mol. The number of benzene rings is 2. The van der Waals surface area contributed by atoms with Crippen molar-refractivity contribution in [2.75, 3.05) is 12.4 Å². The van der Waals surface area contributed by atoms with Crippen LogP contribution in [0, 0.1) is 31.3 Å². The summed E-state index contributed by atoms with van der Waals surface area (Å²) in [5, 5.41) is 2.98. The van der Waals surface area contributed by atoms with Crippen molar-refractivity contribution in [2.45, 2.75) is 20.4 Å². The minimum atomic E-state index is -1.05. The SMILES string of the molecule is COc1ccc(Nc2nc(=O)c(F)cn2Cc2cc(C)c(F)c(F)c2)c(C)c1. The number of aromatic nitrogens is 2. The van der Waals surface area contributed by atoms with Gasteiger partial charge in [-0.3, -0.25) is 4.79 Å². The Hall–Kier alpha value is -3.29. The number of nitrogens with zero attached hydrogens (tertiary/aromatic N) is 2. The van der Waals surface area contributed by atoms with E-state index in [4.69, 9.17) is 4.74 Å². The summed E-state index contributed by atoms with van der Waals surface area (Å²) >= 11 is 0. The molecular weight excluding hydrogens is 371 g/mol. The molecule has 0 bridgehead atoms. The smallest absolute Gasteiger partial charge is 0.310 e. The van der Waals surface area contributed by atoms with Gasteiger partial charge in [-0.1, -0.05) is 6.07 Å². The van der Waals surface area contributed by atoms with Crippen molar-refractivity contribution < 1.29 is 17.9 Å². The second kappa shape index (κ2) is 7.75. The number of aryl methyl sites for hydroxylation is 2. The van der Waals surface area contributed by atoms with E-state index in [0.717, 1.165) is 17.8 Å². The van der Waals surface area contributed by atoms with Crippen molar-refractivity contribution in [3.05, 3.63) is 81.0 Å². The highest BCUT2D eigenvalue weighted by atomic mass is 19.2. The van der Waals surface area contributed by atoms with Crippen LogP contribution in [0.15, 0.2) is 41.3 Å². The van der Waals surface area contributed by atoms with E-state index in [9.17, 15) is 18.0 Å². The molecule has 0 atom stereocenters. The van der Waals surface area contributed by atoms with Gasteiger partial charge >= 0.3 is 5.56 Å². The third-order valence-electron chi connectivity index (χ3n) is 4.26. The lowest BCUT2D eigenvalue weighted by Crippen LogP contribution is -2.20. The summed E-state index contributed by atoms with van der Waals surface area (Å²) in [5.74, 6) is -2.24. The van der Waals surface area contributed by atoms with Crippen molar-refractivity contribution in [1.82, 2.24) is 9.55 Å². The number of nitrogens with one attached hydrogen (secondary N) is 1. The van der Waals surface area contributed by atoms with Gasteiger partial charge in [0.25, 0.3) is 0 Å². The Labute approximate surface area is 159 Å². The molecule has 0 aliphatic rings. The summed E-state index contributed by atoms with van der Waals surface area (Å²) in [6.45, 7) is 3.25. The van der Waals surface area contributed by atoms with Crippen molar-refractivity contribution in [3.63, 3.8) is 0 Å². The molecule has 28 heavy (non-hydrogen) atoms. The molecule has 0 saturated carbocycles. The van der Waals surface area contributed by atoms with E-state index in [-0.39, 0.29) is 18.1 Å². The minimum Gasteiger partial charge on any atom is -0.497 e. The van der Waals surface area contributed by atoms with Crippen molar-refractivity contribution in [3.8, 4) is 5.75 Å². The summed E-state index contributed by atoms with van der Waals surface area (Å²) in [7, 11) is 1.55.